The average molecular weight is 872 g/mol. The molecule has 0 saturated carbocycles. The zero-order chi connectivity index (χ0) is 42.1. The molecule has 10 heterocycles. The summed E-state index contributed by atoms with van der Waals surface area (Å²) in [6.45, 7) is 2.58. The number of carboxylic acid groups (broad SMARTS) is 1. The number of morpholine rings is 1. The molecular weight excluding hydrogens is 831 g/mol. The van der Waals surface area contributed by atoms with Gasteiger partial charge >= 0.3 is 5.97 Å². The van der Waals surface area contributed by atoms with Gasteiger partial charge in [-0.15, -0.1) is 22.7 Å². The van der Waals surface area contributed by atoms with E-state index in [-0.39, 0.29) is 24.0 Å². The van der Waals surface area contributed by atoms with Gasteiger partial charge in [-0.3, -0.25) is 19.6 Å². The van der Waals surface area contributed by atoms with Crippen LogP contribution < -0.4 is 20.1 Å². The minimum Gasteiger partial charge on any atom is -0.481 e. The summed E-state index contributed by atoms with van der Waals surface area (Å²) in [4.78, 5) is 66.6. The molecule has 62 heavy (non-hydrogen) atoms. The summed E-state index contributed by atoms with van der Waals surface area (Å²) in [5, 5.41) is 18.2. The zero-order valence-electron chi connectivity index (χ0n) is 33.9. The second-order valence-electron chi connectivity index (χ2n) is 16.2. The molecule has 6 aliphatic rings. The Balaban J connectivity index is 0.000000142. The van der Waals surface area contributed by atoms with Gasteiger partial charge in [-0.1, -0.05) is 0 Å². The lowest BCUT2D eigenvalue weighted by Crippen LogP contribution is -2.45. The molecule has 19 heteroatoms. The summed E-state index contributed by atoms with van der Waals surface area (Å²) in [5.41, 5.74) is 7.63. The van der Waals surface area contributed by atoms with E-state index in [4.69, 9.17) is 14.2 Å². The van der Waals surface area contributed by atoms with Gasteiger partial charge in [0.2, 0.25) is 17.7 Å². The van der Waals surface area contributed by atoms with Crippen LogP contribution in [0.5, 0.6) is 11.8 Å². The number of anilines is 4. The van der Waals surface area contributed by atoms with Crippen LogP contribution in [0.3, 0.4) is 0 Å². The fourth-order valence-electron chi connectivity index (χ4n) is 9.51. The number of hydrogen-bond acceptors (Lipinski definition) is 17. The number of carbonyl (C=O) groups excluding carboxylic acids is 1. The normalized spacial score (nSPS) is 21.3. The van der Waals surface area contributed by atoms with E-state index in [0.29, 0.717) is 68.1 Å². The van der Waals surface area contributed by atoms with E-state index in [0.717, 1.165) is 97.1 Å². The highest BCUT2D eigenvalue weighted by Crippen LogP contribution is 2.44. The molecule has 2 bridgehead atoms. The summed E-state index contributed by atoms with van der Waals surface area (Å²) < 4.78 is 16.7. The van der Waals surface area contributed by atoms with E-state index in [1.807, 2.05) is 18.3 Å². The number of aryl methyl sites for hydroxylation is 2. The third-order valence-electron chi connectivity index (χ3n) is 12.6. The Kier molecular flexibility index (Phi) is 9.76. The summed E-state index contributed by atoms with van der Waals surface area (Å²) in [5.74, 6) is 1.71. The second kappa shape index (κ2) is 15.6. The molecule has 2 fully saturated rings. The van der Waals surface area contributed by atoms with E-state index in [9.17, 15) is 14.7 Å². The van der Waals surface area contributed by atoms with Gasteiger partial charge in [-0.05, 0) is 68.2 Å². The number of methoxy groups -OCH3 is 2. The van der Waals surface area contributed by atoms with Crippen LogP contribution in [0.2, 0.25) is 0 Å². The van der Waals surface area contributed by atoms with Gasteiger partial charge in [0, 0.05) is 45.8 Å². The Morgan fingerprint density at radius 3 is 1.84 bits per heavy atom. The molecule has 6 aromatic rings. The van der Waals surface area contributed by atoms with Crippen molar-refractivity contribution >= 4 is 90.4 Å². The molecule has 0 spiro atoms. The molecule has 6 aromatic heterocycles. The predicted octanol–water partition coefficient (Wildman–Crippen LogP) is 5.84. The molecular formula is C43H41N11O6S2. The van der Waals surface area contributed by atoms with Gasteiger partial charge in [0.25, 0.3) is 0 Å². The van der Waals surface area contributed by atoms with Crippen molar-refractivity contribution in [1.82, 2.24) is 34.8 Å². The van der Waals surface area contributed by atoms with Gasteiger partial charge in [0.1, 0.15) is 45.3 Å². The van der Waals surface area contributed by atoms with Crippen molar-refractivity contribution in [3.63, 3.8) is 0 Å². The smallest absolute Gasteiger partial charge is 0.306 e. The summed E-state index contributed by atoms with van der Waals surface area (Å²) in [7, 11) is 3.21. The lowest BCUT2D eigenvalue weighted by molar-refractivity contribution is -0.142. The first kappa shape index (κ1) is 38.7. The van der Waals surface area contributed by atoms with Crippen molar-refractivity contribution < 1.29 is 28.9 Å². The van der Waals surface area contributed by atoms with Gasteiger partial charge in [-0.25, -0.2) is 29.9 Å². The number of fused-ring (bicyclic) bond motifs is 10. The lowest BCUT2D eigenvalue weighted by Gasteiger charge is -2.32. The third kappa shape index (κ3) is 6.78. The van der Waals surface area contributed by atoms with Gasteiger partial charge in [0.15, 0.2) is 0 Å². The standard InChI is InChI=1S/C24H24N6O3S.C19H17N5O3S/c1-32-22-17(4-13-7-25-8-18(13)29-22)28-21-20-16-3-2-12(5-19(16)34-23(20)27-11-26-21)24(31)30-9-15-6-14(30)10-33-15;1-27-17-12(4-10-6-20-7-13(10)24-17)23-16-15-11-3-2-9(19(25)26)5-14(11)28-18(15)22-8-21-16/h4,7,11-12,14-15H,2-3,5-6,8-10H2,1H3,(H,26,27,28);4,6,8-9H,2-3,5,7H2,1H3,(H,25,26)(H,21,22,23)/t12-,14-,15-;9-/m00/s1. The number of aliphatic imine (C=N–C) groups is 2. The van der Waals surface area contributed by atoms with Crippen molar-refractivity contribution in [2.75, 3.05) is 38.0 Å². The number of nitrogens with one attached hydrogen (secondary N) is 2. The molecule has 3 N–H and O–H groups in total. The van der Waals surface area contributed by atoms with Gasteiger partial charge in [-0.2, -0.15) is 0 Å². The van der Waals surface area contributed by atoms with Crippen LogP contribution in [0, 0.1) is 11.8 Å². The molecule has 17 nitrogen and oxygen atoms in total. The number of rotatable bonds is 8. The van der Waals surface area contributed by atoms with Crippen LogP contribution in [0.4, 0.5) is 23.0 Å². The van der Waals surface area contributed by atoms with E-state index in [1.165, 1.54) is 16.8 Å². The Bertz CT molecular complexity index is 2880. The minimum atomic E-state index is -0.733. The highest BCUT2D eigenvalue weighted by Gasteiger charge is 2.44. The fourth-order valence-corrected chi connectivity index (χ4v) is 12.0. The van der Waals surface area contributed by atoms with Crippen LogP contribution in [-0.2, 0) is 53.1 Å². The van der Waals surface area contributed by atoms with E-state index >= 15 is 0 Å². The Hall–Kier alpha value is -6.18. The number of hydrogen-bond donors (Lipinski definition) is 3. The molecule has 12 rings (SSSR count). The van der Waals surface area contributed by atoms with Crippen LogP contribution >= 0.6 is 22.7 Å². The van der Waals surface area contributed by atoms with Crippen LogP contribution in [-0.4, -0.2) is 104 Å². The second-order valence-corrected chi connectivity index (χ2v) is 18.4. The van der Waals surface area contributed by atoms with Crippen LogP contribution in [0.25, 0.3) is 20.4 Å². The maximum atomic E-state index is 13.3. The van der Waals surface area contributed by atoms with E-state index in [1.54, 1.807) is 49.4 Å². The van der Waals surface area contributed by atoms with Crippen LogP contribution in [0.15, 0.2) is 34.8 Å². The first-order valence-corrected chi connectivity index (χ1v) is 22.3. The minimum absolute atomic E-state index is 0.0320. The maximum absolute atomic E-state index is 13.3. The molecule has 0 unspecified atom stereocenters. The monoisotopic (exact) mass is 871 g/mol. The Morgan fingerprint density at radius 2 is 1.34 bits per heavy atom. The number of thiophene rings is 2. The number of likely N-dealkylation sites (tertiary alicyclic amines) is 1. The quantitative estimate of drug-likeness (QED) is 0.164. The van der Waals surface area contributed by atoms with Crippen molar-refractivity contribution in [2.45, 2.75) is 70.2 Å². The number of amides is 1. The predicted molar refractivity (Wildman–Crippen MR) is 234 cm³/mol. The first-order valence-electron chi connectivity index (χ1n) is 20.7. The number of carbonyl (C=O) groups is 2. The third-order valence-corrected chi connectivity index (χ3v) is 14.9. The summed E-state index contributed by atoms with van der Waals surface area (Å²) in [6.07, 6.45) is 12.3. The molecule has 4 aliphatic heterocycles. The lowest BCUT2D eigenvalue weighted by atomic mass is 9.86. The number of aromatic nitrogens is 6. The zero-order valence-corrected chi connectivity index (χ0v) is 35.5. The molecule has 0 aromatic carbocycles. The highest BCUT2D eigenvalue weighted by atomic mass is 32.1. The van der Waals surface area contributed by atoms with Crippen molar-refractivity contribution in [3.05, 3.63) is 68.2 Å². The van der Waals surface area contributed by atoms with E-state index in [2.05, 4.69) is 55.4 Å². The molecule has 2 aliphatic carbocycles. The van der Waals surface area contributed by atoms with Gasteiger partial charge in [0.05, 0.1) is 74.1 Å². The van der Waals surface area contributed by atoms with E-state index < -0.39 is 5.97 Å². The summed E-state index contributed by atoms with van der Waals surface area (Å²) >= 11 is 3.23. The summed E-state index contributed by atoms with van der Waals surface area (Å²) in [6, 6.07) is 4.24. The van der Waals surface area contributed by atoms with Crippen molar-refractivity contribution in [1.29, 1.82) is 0 Å². The Labute approximate surface area is 362 Å². The maximum Gasteiger partial charge on any atom is 0.306 e. The molecule has 316 valence electrons. The van der Waals surface area contributed by atoms with Crippen molar-refractivity contribution in [2.24, 2.45) is 21.8 Å². The van der Waals surface area contributed by atoms with Crippen LogP contribution in [0.1, 0.15) is 62.7 Å². The molecule has 2 saturated heterocycles. The highest BCUT2D eigenvalue weighted by molar-refractivity contribution is 7.19. The fraction of sp³-hybridized carbons (Fsp3) is 0.395. The molecule has 4 atom stereocenters. The largest absolute Gasteiger partial charge is 0.481 e. The number of ether oxygens (including phenoxy) is 3. The number of nitrogens with zero attached hydrogens (tertiary/aromatic N) is 9. The number of aliphatic carboxylic acids is 1. The molecule has 0 radical (unpaired) electrons. The SMILES string of the molecule is COc1nc2c(cc1Nc1ncnc3sc4c(c13)CC[C@H](C(=O)N1C[C@@H]3C[C@H]1CO3)C4)C=NC2.COc1nc2c(cc1Nc1ncnc3sc4c(c13)CC[C@H](C(=O)O)C4)C=NC2. The Morgan fingerprint density at radius 1 is 0.790 bits per heavy atom. The molecule has 1 amide bonds. The average Bonchev–Trinajstić information content (AvgIpc) is 4.16. The van der Waals surface area contributed by atoms with Crippen molar-refractivity contribution in [3.8, 4) is 11.8 Å². The number of pyridine rings is 2. The topological polar surface area (TPSA) is 211 Å². The van der Waals surface area contributed by atoms with Gasteiger partial charge < -0.3 is 34.9 Å². The first-order chi connectivity index (χ1) is 30.3. The number of carboxylic acids is 1.